The number of hydrogen-bond acceptors (Lipinski definition) is 3. The standard InChI is InChI=1S/C11H15NOS/c1-13-10-3-2-4-11-9(10)7-8(14-11)5-6-12/h2-4,8H,5-7,12H2,1H3. The zero-order valence-electron chi connectivity index (χ0n) is 8.32. The summed E-state index contributed by atoms with van der Waals surface area (Å²) in [6, 6.07) is 6.25. The molecule has 2 N–H and O–H groups in total. The lowest BCUT2D eigenvalue weighted by Gasteiger charge is -2.05. The molecular formula is C11H15NOS. The highest BCUT2D eigenvalue weighted by molar-refractivity contribution is 8.00. The summed E-state index contributed by atoms with van der Waals surface area (Å²) in [6.07, 6.45) is 2.18. The van der Waals surface area contributed by atoms with Crippen molar-refractivity contribution in [1.82, 2.24) is 0 Å². The average molecular weight is 209 g/mol. The highest BCUT2D eigenvalue weighted by atomic mass is 32.2. The maximum absolute atomic E-state index is 5.57. The Labute approximate surface area is 88.8 Å². The van der Waals surface area contributed by atoms with Crippen molar-refractivity contribution >= 4 is 11.8 Å². The molecule has 0 saturated heterocycles. The molecule has 0 saturated carbocycles. The van der Waals surface area contributed by atoms with Crippen LogP contribution in [0.2, 0.25) is 0 Å². The Balaban J connectivity index is 2.21. The van der Waals surface area contributed by atoms with Gasteiger partial charge in [-0.15, -0.1) is 11.8 Å². The van der Waals surface area contributed by atoms with E-state index >= 15 is 0 Å². The number of hydrogen-bond donors (Lipinski definition) is 1. The van der Waals surface area contributed by atoms with Crippen molar-refractivity contribution in [3.63, 3.8) is 0 Å². The van der Waals surface area contributed by atoms with Crippen LogP contribution in [0.15, 0.2) is 23.1 Å². The Morgan fingerprint density at radius 3 is 3.14 bits per heavy atom. The SMILES string of the molecule is COc1cccc2c1CC(CCN)S2. The minimum atomic E-state index is 0.645. The van der Waals surface area contributed by atoms with Crippen LogP contribution >= 0.6 is 11.8 Å². The number of thioether (sulfide) groups is 1. The van der Waals surface area contributed by atoms with Gasteiger partial charge in [0.2, 0.25) is 0 Å². The van der Waals surface area contributed by atoms with Gasteiger partial charge in [0, 0.05) is 15.7 Å². The van der Waals surface area contributed by atoms with Crippen molar-refractivity contribution in [2.75, 3.05) is 13.7 Å². The maximum atomic E-state index is 5.57. The molecule has 0 fully saturated rings. The molecule has 0 bridgehead atoms. The summed E-state index contributed by atoms with van der Waals surface area (Å²) in [5.41, 5.74) is 6.93. The molecule has 14 heavy (non-hydrogen) atoms. The van der Waals surface area contributed by atoms with E-state index in [0.717, 1.165) is 25.1 Å². The Kier molecular flexibility index (Phi) is 2.99. The van der Waals surface area contributed by atoms with Crippen molar-refractivity contribution in [1.29, 1.82) is 0 Å². The lowest BCUT2D eigenvalue weighted by atomic mass is 10.1. The fourth-order valence-corrected chi connectivity index (χ4v) is 3.19. The molecule has 1 aromatic rings. The van der Waals surface area contributed by atoms with Crippen LogP contribution in [0.1, 0.15) is 12.0 Å². The molecule has 0 aromatic heterocycles. The molecule has 0 aliphatic carbocycles. The Bertz CT molecular complexity index is 327. The van der Waals surface area contributed by atoms with Gasteiger partial charge < -0.3 is 10.5 Å². The van der Waals surface area contributed by atoms with E-state index in [9.17, 15) is 0 Å². The highest BCUT2D eigenvalue weighted by Crippen LogP contribution is 2.42. The van der Waals surface area contributed by atoms with Crippen molar-refractivity contribution in [3.05, 3.63) is 23.8 Å². The van der Waals surface area contributed by atoms with Crippen LogP contribution in [0.4, 0.5) is 0 Å². The van der Waals surface area contributed by atoms with E-state index in [-0.39, 0.29) is 0 Å². The lowest BCUT2D eigenvalue weighted by Crippen LogP contribution is -2.09. The van der Waals surface area contributed by atoms with Crippen molar-refractivity contribution in [3.8, 4) is 5.75 Å². The fourth-order valence-electron chi connectivity index (χ4n) is 1.84. The summed E-state index contributed by atoms with van der Waals surface area (Å²) in [7, 11) is 1.73. The second-order valence-electron chi connectivity index (χ2n) is 3.46. The third-order valence-corrected chi connectivity index (χ3v) is 3.90. The first-order valence-corrected chi connectivity index (χ1v) is 5.75. The minimum absolute atomic E-state index is 0.645. The number of ether oxygens (including phenoxy) is 1. The van der Waals surface area contributed by atoms with Gasteiger partial charge in [-0.1, -0.05) is 6.07 Å². The third kappa shape index (κ3) is 1.74. The normalized spacial score (nSPS) is 19.4. The van der Waals surface area contributed by atoms with E-state index in [2.05, 4.69) is 12.1 Å². The predicted octanol–water partition coefficient (Wildman–Crippen LogP) is 2.06. The highest BCUT2D eigenvalue weighted by Gasteiger charge is 2.24. The first-order chi connectivity index (χ1) is 6.85. The van der Waals surface area contributed by atoms with Crippen molar-refractivity contribution in [2.24, 2.45) is 5.73 Å². The van der Waals surface area contributed by atoms with E-state index in [0.29, 0.717) is 5.25 Å². The number of methoxy groups -OCH3 is 1. The van der Waals surface area contributed by atoms with Gasteiger partial charge >= 0.3 is 0 Å². The van der Waals surface area contributed by atoms with Crippen LogP contribution in [-0.4, -0.2) is 18.9 Å². The molecule has 1 aliphatic rings. The molecule has 3 heteroatoms. The minimum Gasteiger partial charge on any atom is -0.496 e. The molecule has 1 heterocycles. The topological polar surface area (TPSA) is 35.2 Å². The fraction of sp³-hybridized carbons (Fsp3) is 0.455. The number of benzene rings is 1. The number of nitrogens with two attached hydrogens (primary N) is 1. The molecule has 1 atom stereocenters. The molecule has 0 amide bonds. The molecule has 1 unspecified atom stereocenters. The summed E-state index contributed by atoms with van der Waals surface area (Å²) in [5, 5.41) is 0.645. The van der Waals surface area contributed by atoms with Crippen LogP contribution in [-0.2, 0) is 6.42 Å². The lowest BCUT2D eigenvalue weighted by molar-refractivity contribution is 0.408. The second-order valence-corrected chi connectivity index (χ2v) is 4.80. The monoisotopic (exact) mass is 209 g/mol. The van der Waals surface area contributed by atoms with Gasteiger partial charge in [-0.2, -0.15) is 0 Å². The first-order valence-electron chi connectivity index (χ1n) is 4.87. The first kappa shape index (κ1) is 9.87. The quantitative estimate of drug-likeness (QED) is 0.827. The average Bonchev–Trinajstić information content (AvgIpc) is 2.60. The number of fused-ring (bicyclic) bond motifs is 1. The Morgan fingerprint density at radius 1 is 1.57 bits per heavy atom. The van der Waals surface area contributed by atoms with Gasteiger partial charge in [-0.3, -0.25) is 0 Å². The third-order valence-electron chi connectivity index (χ3n) is 2.52. The maximum Gasteiger partial charge on any atom is 0.123 e. The molecule has 1 aromatic carbocycles. The molecule has 0 radical (unpaired) electrons. The zero-order chi connectivity index (χ0) is 9.97. The van der Waals surface area contributed by atoms with Crippen molar-refractivity contribution < 1.29 is 4.74 Å². The molecular weight excluding hydrogens is 194 g/mol. The summed E-state index contributed by atoms with van der Waals surface area (Å²) >= 11 is 1.93. The van der Waals surface area contributed by atoms with Crippen LogP contribution in [0.3, 0.4) is 0 Å². The molecule has 1 aliphatic heterocycles. The molecule has 2 nitrogen and oxygen atoms in total. The van der Waals surface area contributed by atoms with E-state index in [1.165, 1.54) is 10.5 Å². The van der Waals surface area contributed by atoms with Gasteiger partial charge in [0.05, 0.1) is 7.11 Å². The van der Waals surface area contributed by atoms with Crippen LogP contribution in [0.25, 0.3) is 0 Å². The van der Waals surface area contributed by atoms with Crippen LogP contribution in [0, 0.1) is 0 Å². The molecule has 2 rings (SSSR count). The number of rotatable bonds is 3. The Morgan fingerprint density at radius 2 is 2.43 bits per heavy atom. The summed E-state index contributed by atoms with van der Waals surface area (Å²) in [5.74, 6) is 1.02. The van der Waals surface area contributed by atoms with E-state index in [1.807, 2.05) is 17.8 Å². The van der Waals surface area contributed by atoms with Gasteiger partial charge in [-0.05, 0) is 31.5 Å². The van der Waals surface area contributed by atoms with Crippen LogP contribution in [0.5, 0.6) is 5.75 Å². The molecule has 0 spiro atoms. The molecule has 76 valence electrons. The largest absolute Gasteiger partial charge is 0.496 e. The van der Waals surface area contributed by atoms with E-state index in [4.69, 9.17) is 10.5 Å². The zero-order valence-corrected chi connectivity index (χ0v) is 9.14. The summed E-state index contributed by atoms with van der Waals surface area (Å²) < 4.78 is 5.34. The van der Waals surface area contributed by atoms with Gasteiger partial charge in [0.1, 0.15) is 5.75 Å². The Hall–Kier alpha value is -0.670. The predicted molar refractivity (Wildman–Crippen MR) is 60.0 cm³/mol. The smallest absolute Gasteiger partial charge is 0.123 e. The van der Waals surface area contributed by atoms with Gasteiger partial charge in [0.25, 0.3) is 0 Å². The summed E-state index contributed by atoms with van der Waals surface area (Å²) in [4.78, 5) is 1.36. The van der Waals surface area contributed by atoms with Gasteiger partial charge in [0.15, 0.2) is 0 Å². The van der Waals surface area contributed by atoms with Crippen molar-refractivity contribution in [2.45, 2.75) is 23.0 Å². The second kappa shape index (κ2) is 4.24. The summed E-state index contributed by atoms with van der Waals surface area (Å²) in [6.45, 7) is 0.772. The van der Waals surface area contributed by atoms with E-state index < -0.39 is 0 Å². The van der Waals surface area contributed by atoms with Gasteiger partial charge in [-0.25, -0.2) is 0 Å². The van der Waals surface area contributed by atoms with Crippen LogP contribution < -0.4 is 10.5 Å². The van der Waals surface area contributed by atoms with E-state index in [1.54, 1.807) is 7.11 Å².